The van der Waals surface area contributed by atoms with E-state index in [2.05, 4.69) is 36.3 Å². The maximum atomic E-state index is 12.1. The quantitative estimate of drug-likeness (QED) is 0.628. The monoisotopic (exact) mass is 343 g/mol. The van der Waals surface area contributed by atoms with E-state index in [-0.39, 0.29) is 12.1 Å². The van der Waals surface area contributed by atoms with E-state index >= 15 is 0 Å². The molecule has 2 rings (SSSR count). The van der Waals surface area contributed by atoms with E-state index in [9.17, 15) is 4.79 Å². The molecule has 22 heavy (non-hydrogen) atoms. The fourth-order valence-corrected chi connectivity index (χ4v) is 4.43. The molecule has 0 bridgehead atoms. The molecule has 124 valence electrons. The maximum Gasteiger partial charge on any atom is 0.316 e. The highest BCUT2D eigenvalue weighted by Crippen LogP contribution is 2.35. The van der Waals surface area contributed by atoms with Gasteiger partial charge in [-0.25, -0.2) is 0 Å². The molecule has 0 radical (unpaired) electrons. The Morgan fingerprint density at radius 1 is 1.45 bits per heavy atom. The summed E-state index contributed by atoms with van der Waals surface area (Å²) in [6.45, 7) is 6.68. The topological polar surface area (TPSA) is 64.1 Å². The Morgan fingerprint density at radius 2 is 2.23 bits per heavy atom. The fourth-order valence-electron chi connectivity index (χ4n) is 2.94. The standard InChI is InChI=1S/C15H25N3O2S2/c1-9(2)11-6-5-10(3)7-12(11)20-13(19)8-21-15-18-17-14(16-4)22-15/h9-12H,5-8H2,1-4H3,(H,16,17)/t10-,11+,12-/m1/s1. The Kier molecular flexibility index (Phi) is 6.50. The summed E-state index contributed by atoms with van der Waals surface area (Å²) in [5.74, 6) is 1.84. The SMILES string of the molecule is CNc1nnc(SCC(=O)O[C@@H]2C[C@H](C)CC[C@H]2C(C)C)s1. The third-order valence-electron chi connectivity index (χ3n) is 4.18. The number of carbonyl (C=O) groups is 1. The smallest absolute Gasteiger partial charge is 0.316 e. The van der Waals surface area contributed by atoms with Crippen LogP contribution in [0.1, 0.15) is 40.0 Å². The van der Waals surface area contributed by atoms with E-state index in [0.29, 0.717) is 23.5 Å². The van der Waals surface area contributed by atoms with Gasteiger partial charge in [-0.1, -0.05) is 50.3 Å². The zero-order valence-corrected chi connectivity index (χ0v) is 15.3. The molecule has 0 aromatic carbocycles. The minimum absolute atomic E-state index is 0.0686. The number of hydrogen-bond donors (Lipinski definition) is 1. The molecule has 1 heterocycles. The number of anilines is 1. The largest absolute Gasteiger partial charge is 0.461 e. The molecule has 1 aromatic heterocycles. The van der Waals surface area contributed by atoms with Gasteiger partial charge in [0.05, 0.1) is 5.75 Å². The van der Waals surface area contributed by atoms with Crippen LogP contribution in [-0.4, -0.2) is 35.1 Å². The molecule has 7 heteroatoms. The molecule has 0 amide bonds. The van der Waals surface area contributed by atoms with Crippen LogP contribution in [0.25, 0.3) is 0 Å². The number of hydrogen-bond acceptors (Lipinski definition) is 7. The summed E-state index contributed by atoms with van der Waals surface area (Å²) in [4.78, 5) is 12.1. The van der Waals surface area contributed by atoms with E-state index in [0.717, 1.165) is 22.3 Å². The number of rotatable bonds is 6. The molecular formula is C15H25N3O2S2. The first-order chi connectivity index (χ1) is 10.5. The van der Waals surface area contributed by atoms with Crippen molar-refractivity contribution < 1.29 is 9.53 Å². The molecule has 1 fully saturated rings. The lowest BCUT2D eigenvalue weighted by Crippen LogP contribution is -2.36. The molecule has 0 aliphatic heterocycles. The van der Waals surface area contributed by atoms with Crippen molar-refractivity contribution in [1.29, 1.82) is 0 Å². The van der Waals surface area contributed by atoms with E-state index < -0.39 is 0 Å². The summed E-state index contributed by atoms with van der Waals surface area (Å²) in [5, 5.41) is 11.7. The van der Waals surface area contributed by atoms with Crippen LogP contribution < -0.4 is 5.32 Å². The minimum Gasteiger partial charge on any atom is -0.461 e. The van der Waals surface area contributed by atoms with Gasteiger partial charge < -0.3 is 10.1 Å². The Labute approximate surface area is 140 Å². The predicted molar refractivity (Wildman–Crippen MR) is 91.4 cm³/mol. The molecule has 3 atom stereocenters. The molecule has 0 saturated heterocycles. The van der Waals surface area contributed by atoms with E-state index in [1.165, 1.54) is 29.5 Å². The molecule has 1 N–H and O–H groups in total. The van der Waals surface area contributed by atoms with Gasteiger partial charge in [-0.15, -0.1) is 10.2 Å². The lowest BCUT2D eigenvalue weighted by atomic mass is 9.75. The first kappa shape index (κ1) is 17.5. The number of nitrogens with zero attached hydrogens (tertiary/aromatic N) is 2. The highest BCUT2D eigenvalue weighted by Gasteiger charge is 2.33. The number of carbonyl (C=O) groups excluding carboxylic acids is 1. The summed E-state index contributed by atoms with van der Waals surface area (Å²) in [6, 6.07) is 0. The maximum absolute atomic E-state index is 12.1. The van der Waals surface area contributed by atoms with Crippen molar-refractivity contribution in [2.45, 2.75) is 50.5 Å². The van der Waals surface area contributed by atoms with Crippen molar-refractivity contribution in [3.05, 3.63) is 0 Å². The molecule has 0 unspecified atom stereocenters. The Bertz CT molecular complexity index is 493. The average molecular weight is 344 g/mol. The van der Waals surface area contributed by atoms with Gasteiger partial charge >= 0.3 is 5.97 Å². The molecule has 1 aliphatic rings. The summed E-state index contributed by atoms with van der Waals surface area (Å²) in [7, 11) is 1.81. The summed E-state index contributed by atoms with van der Waals surface area (Å²) in [6.07, 6.45) is 3.45. The van der Waals surface area contributed by atoms with Crippen molar-refractivity contribution in [3.8, 4) is 0 Å². The van der Waals surface area contributed by atoms with Crippen molar-refractivity contribution in [3.63, 3.8) is 0 Å². The van der Waals surface area contributed by atoms with Gasteiger partial charge in [-0.05, 0) is 30.6 Å². The zero-order valence-electron chi connectivity index (χ0n) is 13.7. The van der Waals surface area contributed by atoms with E-state index in [1.54, 1.807) is 7.05 Å². The number of thioether (sulfide) groups is 1. The van der Waals surface area contributed by atoms with Crippen LogP contribution >= 0.6 is 23.1 Å². The van der Waals surface area contributed by atoms with Gasteiger partial charge in [0.1, 0.15) is 6.10 Å². The highest BCUT2D eigenvalue weighted by atomic mass is 32.2. The predicted octanol–water partition coefficient (Wildman–Crippen LogP) is 3.68. The summed E-state index contributed by atoms with van der Waals surface area (Å²) >= 11 is 2.84. The zero-order chi connectivity index (χ0) is 16.1. The van der Waals surface area contributed by atoms with Gasteiger partial charge in [0.2, 0.25) is 5.13 Å². The van der Waals surface area contributed by atoms with E-state index in [1.807, 2.05) is 0 Å². The molecule has 0 spiro atoms. The number of ether oxygens (including phenoxy) is 1. The lowest BCUT2D eigenvalue weighted by molar-refractivity contribution is -0.152. The molecule has 1 aromatic rings. The van der Waals surface area contributed by atoms with Crippen LogP contribution in [0.2, 0.25) is 0 Å². The molecular weight excluding hydrogens is 318 g/mol. The first-order valence-corrected chi connectivity index (χ1v) is 9.63. The van der Waals surface area contributed by atoms with Gasteiger partial charge in [-0.2, -0.15) is 0 Å². The van der Waals surface area contributed by atoms with Crippen LogP contribution in [-0.2, 0) is 9.53 Å². The van der Waals surface area contributed by atoms with Gasteiger partial charge in [-0.3, -0.25) is 4.79 Å². The molecule has 1 saturated carbocycles. The third-order valence-corrected chi connectivity index (χ3v) is 6.23. The fraction of sp³-hybridized carbons (Fsp3) is 0.800. The Hall–Kier alpha value is -0.820. The van der Waals surface area contributed by atoms with Crippen LogP contribution in [0.5, 0.6) is 0 Å². The third kappa shape index (κ3) is 4.84. The second-order valence-corrected chi connectivity index (χ2v) is 8.47. The van der Waals surface area contributed by atoms with Crippen LogP contribution in [0.15, 0.2) is 4.34 Å². The Balaban J connectivity index is 1.84. The first-order valence-electron chi connectivity index (χ1n) is 7.83. The summed E-state index contributed by atoms with van der Waals surface area (Å²) < 4.78 is 6.56. The van der Waals surface area contributed by atoms with Crippen molar-refractivity contribution >= 4 is 34.2 Å². The van der Waals surface area contributed by atoms with Gasteiger partial charge in [0.25, 0.3) is 0 Å². The molecule has 5 nitrogen and oxygen atoms in total. The summed E-state index contributed by atoms with van der Waals surface area (Å²) in [5.41, 5.74) is 0. The second kappa shape index (κ2) is 8.15. The normalized spacial score (nSPS) is 25.2. The van der Waals surface area contributed by atoms with Crippen molar-refractivity contribution in [2.75, 3.05) is 18.1 Å². The second-order valence-electron chi connectivity index (χ2n) is 6.27. The lowest BCUT2D eigenvalue weighted by Gasteiger charge is -2.36. The number of nitrogens with one attached hydrogen (secondary N) is 1. The van der Waals surface area contributed by atoms with E-state index in [4.69, 9.17) is 4.74 Å². The highest BCUT2D eigenvalue weighted by molar-refractivity contribution is 8.01. The average Bonchev–Trinajstić information content (AvgIpc) is 2.93. The molecule has 1 aliphatic carbocycles. The van der Waals surface area contributed by atoms with Crippen LogP contribution in [0.4, 0.5) is 5.13 Å². The Morgan fingerprint density at radius 3 is 2.86 bits per heavy atom. The van der Waals surface area contributed by atoms with Crippen LogP contribution in [0.3, 0.4) is 0 Å². The van der Waals surface area contributed by atoms with Gasteiger partial charge in [0.15, 0.2) is 4.34 Å². The van der Waals surface area contributed by atoms with Crippen molar-refractivity contribution in [2.24, 2.45) is 17.8 Å². The van der Waals surface area contributed by atoms with Crippen molar-refractivity contribution in [1.82, 2.24) is 10.2 Å². The number of esters is 1. The minimum atomic E-state index is -0.143. The van der Waals surface area contributed by atoms with Gasteiger partial charge in [0, 0.05) is 7.05 Å². The number of aromatic nitrogens is 2. The van der Waals surface area contributed by atoms with Crippen LogP contribution in [0, 0.1) is 17.8 Å².